The van der Waals surface area contributed by atoms with Crippen LogP contribution in [0.4, 0.5) is 13.2 Å². The molecule has 6 nitrogen and oxygen atoms in total. The number of hydrogen-bond acceptors (Lipinski definition) is 4. The van der Waals surface area contributed by atoms with Crippen molar-refractivity contribution in [3.63, 3.8) is 0 Å². The summed E-state index contributed by atoms with van der Waals surface area (Å²) in [7, 11) is -1.57. The van der Waals surface area contributed by atoms with E-state index < -0.39 is 29.3 Å². The van der Waals surface area contributed by atoms with Gasteiger partial charge in [0.25, 0.3) is 6.43 Å². The van der Waals surface area contributed by atoms with Gasteiger partial charge in [0.15, 0.2) is 0 Å². The van der Waals surface area contributed by atoms with E-state index in [1.807, 2.05) is 0 Å². The Labute approximate surface area is 191 Å². The Morgan fingerprint density at radius 3 is 2.55 bits per heavy atom. The maximum atomic E-state index is 13.2. The fourth-order valence-corrected chi connectivity index (χ4v) is 5.00. The summed E-state index contributed by atoms with van der Waals surface area (Å²) in [5, 5.41) is 2.82. The summed E-state index contributed by atoms with van der Waals surface area (Å²) in [6, 6.07) is 12.3. The molecule has 2 aromatic carbocycles. The second-order valence-corrected chi connectivity index (χ2v) is 8.98. The van der Waals surface area contributed by atoms with Crippen molar-refractivity contribution in [3.05, 3.63) is 78.0 Å². The Hall–Kier alpha value is -3.11. The molecule has 1 amide bonds. The standard InChI is InChI=1S/C23H21F3N4O2S/c24-17-7-9-19(10-8-17)33(32)30-11-1-2-21(30)23(31)27-13-18-12-20(29-14-28-18)15-3-5-16(6-4-15)22(25)26/h3-10,12,14,21-22H,1-2,11,13H2,(H,27,31). The zero-order valence-corrected chi connectivity index (χ0v) is 18.3. The average Bonchev–Trinajstić information content (AvgIpc) is 3.33. The Kier molecular flexibility index (Phi) is 7.14. The van der Waals surface area contributed by atoms with Crippen molar-refractivity contribution in [3.8, 4) is 11.3 Å². The predicted molar refractivity (Wildman–Crippen MR) is 117 cm³/mol. The third-order valence-corrected chi connectivity index (χ3v) is 6.90. The van der Waals surface area contributed by atoms with Crippen LogP contribution in [0.5, 0.6) is 0 Å². The van der Waals surface area contributed by atoms with Gasteiger partial charge in [-0.05, 0) is 43.2 Å². The monoisotopic (exact) mass is 474 g/mol. The molecule has 1 aliphatic heterocycles. The number of carbonyl (C=O) groups is 1. The zero-order valence-electron chi connectivity index (χ0n) is 17.5. The molecular formula is C23H21F3N4O2S. The fraction of sp³-hybridized carbons (Fsp3) is 0.261. The average molecular weight is 475 g/mol. The SMILES string of the molecule is O=C(NCc1cc(-c2ccc(C(F)F)cc2)ncn1)C1CCCN1S(=O)c1ccc(F)cc1. The van der Waals surface area contributed by atoms with E-state index in [4.69, 9.17) is 0 Å². The van der Waals surface area contributed by atoms with Gasteiger partial charge in [0.05, 0.1) is 22.8 Å². The lowest BCUT2D eigenvalue weighted by molar-refractivity contribution is -0.124. The van der Waals surface area contributed by atoms with Crippen LogP contribution >= 0.6 is 0 Å². The van der Waals surface area contributed by atoms with Gasteiger partial charge in [0.2, 0.25) is 5.91 Å². The second-order valence-electron chi connectivity index (χ2n) is 7.54. The number of aromatic nitrogens is 2. The van der Waals surface area contributed by atoms with Crippen molar-refractivity contribution in [1.82, 2.24) is 19.6 Å². The Morgan fingerprint density at radius 1 is 1.12 bits per heavy atom. The van der Waals surface area contributed by atoms with Gasteiger partial charge in [-0.1, -0.05) is 24.3 Å². The number of nitrogens with one attached hydrogen (secondary N) is 1. The first-order valence-electron chi connectivity index (χ1n) is 10.3. The van der Waals surface area contributed by atoms with Gasteiger partial charge in [0, 0.05) is 17.7 Å². The van der Waals surface area contributed by atoms with Crippen LogP contribution in [0.1, 0.15) is 30.5 Å². The zero-order chi connectivity index (χ0) is 23.4. The molecule has 0 saturated carbocycles. The highest BCUT2D eigenvalue weighted by Gasteiger charge is 2.34. The molecule has 33 heavy (non-hydrogen) atoms. The van der Waals surface area contributed by atoms with Crippen molar-refractivity contribution in [1.29, 1.82) is 0 Å². The maximum absolute atomic E-state index is 13.2. The largest absolute Gasteiger partial charge is 0.349 e. The molecule has 0 radical (unpaired) electrons. The lowest BCUT2D eigenvalue weighted by Gasteiger charge is -2.22. The second kappa shape index (κ2) is 10.2. The van der Waals surface area contributed by atoms with E-state index in [0.717, 1.165) is 6.42 Å². The highest BCUT2D eigenvalue weighted by Crippen LogP contribution is 2.25. The molecule has 1 aliphatic rings. The predicted octanol–water partition coefficient (Wildman–Crippen LogP) is 4.02. The molecule has 10 heteroatoms. The summed E-state index contributed by atoms with van der Waals surface area (Å²) in [6.07, 6.45) is 0.0907. The van der Waals surface area contributed by atoms with Crippen molar-refractivity contribution < 1.29 is 22.2 Å². The van der Waals surface area contributed by atoms with Crippen molar-refractivity contribution in [2.24, 2.45) is 0 Å². The van der Waals surface area contributed by atoms with Gasteiger partial charge in [-0.25, -0.2) is 31.7 Å². The molecule has 0 spiro atoms. The summed E-state index contributed by atoms with van der Waals surface area (Å²) in [5.41, 5.74) is 1.69. The van der Waals surface area contributed by atoms with Crippen molar-refractivity contribution >= 4 is 16.9 Å². The Bertz CT molecular complexity index is 1140. The number of halogens is 3. The molecule has 1 fully saturated rings. The van der Waals surface area contributed by atoms with E-state index in [9.17, 15) is 22.2 Å². The first-order valence-corrected chi connectivity index (χ1v) is 11.4. The van der Waals surface area contributed by atoms with Gasteiger partial charge in [-0.2, -0.15) is 0 Å². The van der Waals surface area contributed by atoms with E-state index in [1.165, 1.54) is 42.7 Å². The van der Waals surface area contributed by atoms with Crippen molar-refractivity contribution in [2.45, 2.75) is 36.7 Å². The van der Waals surface area contributed by atoms with Crippen LogP contribution in [0.3, 0.4) is 0 Å². The van der Waals surface area contributed by atoms with Crippen LogP contribution in [0.15, 0.2) is 65.8 Å². The van der Waals surface area contributed by atoms with Gasteiger partial charge >= 0.3 is 0 Å². The topological polar surface area (TPSA) is 75.2 Å². The smallest absolute Gasteiger partial charge is 0.263 e. The normalized spacial score (nSPS) is 17.3. The number of hydrogen-bond donors (Lipinski definition) is 1. The van der Waals surface area contributed by atoms with Gasteiger partial charge in [0.1, 0.15) is 29.2 Å². The lowest BCUT2D eigenvalue weighted by Crippen LogP contribution is -2.43. The van der Waals surface area contributed by atoms with Gasteiger partial charge in [-0.3, -0.25) is 4.79 Å². The summed E-state index contributed by atoms with van der Waals surface area (Å²) in [5.74, 6) is -0.690. The van der Waals surface area contributed by atoms with Gasteiger partial charge < -0.3 is 5.32 Å². The van der Waals surface area contributed by atoms with Crippen LogP contribution in [-0.4, -0.2) is 37.0 Å². The van der Waals surface area contributed by atoms with Gasteiger partial charge in [-0.15, -0.1) is 0 Å². The fourth-order valence-electron chi connectivity index (χ4n) is 3.63. The maximum Gasteiger partial charge on any atom is 0.263 e. The molecule has 1 saturated heterocycles. The van der Waals surface area contributed by atoms with Crippen LogP contribution in [0.25, 0.3) is 11.3 Å². The summed E-state index contributed by atoms with van der Waals surface area (Å²) < 4.78 is 53.2. The van der Waals surface area contributed by atoms with E-state index >= 15 is 0 Å². The van der Waals surface area contributed by atoms with E-state index in [-0.39, 0.29) is 18.0 Å². The van der Waals surface area contributed by atoms with E-state index in [2.05, 4.69) is 15.3 Å². The van der Waals surface area contributed by atoms with E-state index in [1.54, 1.807) is 22.5 Å². The Balaban J connectivity index is 1.40. The highest BCUT2D eigenvalue weighted by molar-refractivity contribution is 7.82. The number of nitrogens with zero attached hydrogens (tertiary/aromatic N) is 3. The molecule has 2 atom stereocenters. The molecule has 2 unspecified atom stereocenters. The molecule has 0 bridgehead atoms. The minimum atomic E-state index is -2.54. The van der Waals surface area contributed by atoms with Crippen LogP contribution in [-0.2, 0) is 22.3 Å². The molecule has 1 N–H and O–H groups in total. The summed E-state index contributed by atoms with van der Waals surface area (Å²) in [6.45, 7) is 0.630. The molecule has 1 aromatic heterocycles. The minimum absolute atomic E-state index is 0.0700. The molecule has 4 rings (SSSR count). The number of amides is 1. The molecule has 3 aromatic rings. The van der Waals surface area contributed by atoms with Crippen molar-refractivity contribution in [2.75, 3.05) is 6.54 Å². The molecular weight excluding hydrogens is 453 g/mol. The molecule has 0 aliphatic carbocycles. The van der Waals surface area contributed by atoms with Crippen LogP contribution < -0.4 is 5.32 Å². The lowest BCUT2D eigenvalue weighted by atomic mass is 10.1. The third-order valence-electron chi connectivity index (χ3n) is 5.36. The number of rotatable bonds is 7. The first kappa shape index (κ1) is 23.1. The third kappa shape index (κ3) is 5.45. The minimum Gasteiger partial charge on any atom is -0.349 e. The van der Waals surface area contributed by atoms with Crippen LogP contribution in [0, 0.1) is 5.82 Å². The Morgan fingerprint density at radius 2 is 1.85 bits per heavy atom. The molecule has 172 valence electrons. The number of carbonyl (C=O) groups excluding carboxylic acids is 1. The summed E-state index contributed by atoms with van der Waals surface area (Å²) in [4.78, 5) is 21.6. The summed E-state index contributed by atoms with van der Waals surface area (Å²) >= 11 is 0. The number of alkyl halides is 2. The quantitative estimate of drug-likeness (QED) is 0.561. The first-order chi connectivity index (χ1) is 15.9. The van der Waals surface area contributed by atoms with E-state index in [0.29, 0.717) is 34.8 Å². The number of benzene rings is 2. The highest BCUT2D eigenvalue weighted by atomic mass is 32.2. The van der Waals surface area contributed by atoms with Crippen LogP contribution in [0.2, 0.25) is 0 Å². The molecule has 2 heterocycles.